The average Bonchev–Trinajstić information content (AvgIpc) is 4.23. The number of aromatic nitrogens is 4. The Morgan fingerprint density at radius 1 is 0.356 bits per heavy atom. The van der Waals surface area contributed by atoms with Crippen molar-refractivity contribution < 1.29 is 93.3 Å². The Hall–Kier alpha value is -8.03. The van der Waals surface area contributed by atoms with Crippen LogP contribution in [0.4, 0.5) is 83.4 Å². The predicted molar refractivity (Wildman–Crippen MR) is 223 cm³/mol. The molecule has 0 saturated heterocycles. The van der Waals surface area contributed by atoms with Gasteiger partial charge in [-0.3, -0.25) is 4.79 Å². The van der Waals surface area contributed by atoms with E-state index in [0.717, 1.165) is 0 Å². The molecule has 3 aromatic heterocycles. The summed E-state index contributed by atoms with van der Waals surface area (Å²) in [6.45, 7) is 0. The number of rotatable bonds is 8. The molecule has 4 aromatic carbocycles. The molecule has 73 heavy (non-hydrogen) atoms. The Kier molecular flexibility index (Phi) is 12.5. The lowest BCUT2D eigenvalue weighted by molar-refractivity contribution is -0.136. The van der Waals surface area contributed by atoms with Crippen molar-refractivity contribution in [2.45, 2.75) is 11.3 Å². The topological polar surface area (TPSA) is 94.7 Å². The minimum Gasteiger partial charge on any atom is -0.481 e. The van der Waals surface area contributed by atoms with Crippen LogP contribution in [0.3, 0.4) is 0 Å². The van der Waals surface area contributed by atoms with E-state index in [2.05, 4.69) is 19.9 Å². The van der Waals surface area contributed by atoms with E-state index in [1.165, 1.54) is 0 Å². The molecule has 0 spiro atoms. The van der Waals surface area contributed by atoms with Crippen LogP contribution in [-0.4, -0.2) is 36.8 Å². The van der Waals surface area contributed by atoms with Crippen LogP contribution in [0.15, 0.2) is 29.2 Å². The van der Waals surface area contributed by atoms with E-state index >= 15 is 61.5 Å². The van der Waals surface area contributed by atoms with Crippen molar-refractivity contribution in [3.63, 3.8) is 0 Å². The maximum absolute atomic E-state index is 16.5. The van der Waals surface area contributed by atoms with E-state index in [0.29, 0.717) is 48.6 Å². The number of nitrogens with one attached hydrogen (secondary N) is 2. The van der Waals surface area contributed by atoms with Gasteiger partial charge in [0.05, 0.1) is 56.3 Å². The largest absolute Gasteiger partial charge is 0.481 e. The Morgan fingerprint density at radius 2 is 0.575 bits per heavy atom. The second kappa shape index (κ2) is 18.2. The van der Waals surface area contributed by atoms with Gasteiger partial charge < -0.3 is 15.1 Å². The number of aliphatic carboxylic acids is 1. The minimum absolute atomic E-state index is 0.00541. The highest BCUT2D eigenvalue weighted by Crippen LogP contribution is 2.45. The maximum atomic E-state index is 16.5. The summed E-state index contributed by atoms with van der Waals surface area (Å²) >= 11 is -0.00541. The lowest BCUT2D eigenvalue weighted by Gasteiger charge is -2.13. The van der Waals surface area contributed by atoms with Gasteiger partial charge in [-0.25, -0.2) is 93.4 Å². The summed E-state index contributed by atoms with van der Waals surface area (Å²) in [5.74, 6) is -50.5. The number of carbonyl (C=O) groups is 1. The van der Waals surface area contributed by atoms with Gasteiger partial charge in [-0.1, -0.05) is 0 Å². The van der Waals surface area contributed by atoms with Gasteiger partial charge in [-0.2, -0.15) is 0 Å². The van der Waals surface area contributed by atoms with E-state index in [1.807, 2.05) is 0 Å². The highest BCUT2D eigenvalue weighted by molar-refractivity contribution is 7.99. The molecule has 0 unspecified atom stereocenters. The normalized spacial score (nSPS) is 12.2. The van der Waals surface area contributed by atoms with Gasteiger partial charge in [0.25, 0.3) is 0 Å². The molecule has 9 rings (SSSR count). The molecular weight excluding hydrogens is 1050 g/mol. The zero-order chi connectivity index (χ0) is 53.0. The second-order valence-corrected chi connectivity index (χ2v) is 16.4. The maximum Gasteiger partial charge on any atom is 0.304 e. The van der Waals surface area contributed by atoms with Crippen molar-refractivity contribution >= 4 is 64.1 Å². The average molecular weight is 1060 g/mol. The third-order valence-corrected chi connectivity index (χ3v) is 12.2. The van der Waals surface area contributed by atoms with Crippen molar-refractivity contribution in [2.24, 2.45) is 0 Å². The number of benzene rings is 4. The quantitative estimate of drug-likeness (QED) is 0.0610. The minimum atomic E-state index is -2.72. The van der Waals surface area contributed by atoms with Crippen LogP contribution < -0.4 is 0 Å². The molecule has 5 heterocycles. The summed E-state index contributed by atoms with van der Waals surface area (Å²) in [5, 5.41) is 8.99. The number of carboxylic acids is 1. The molecule has 0 aliphatic carbocycles. The van der Waals surface area contributed by atoms with Crippen LogP contribution in [0.25, 0.3) is 90.9 Å². The number of halogens is 19. The summed E-state index contributed by atoms with van der Waals surface area (Å²) in [4.78, 5) is 22.2. The Labute approximate surface area is 395 Å². The molecule has 0 atom stereocenters. The molecule has 6 nitrogen and oxygen atoms in total. The van der Waals surface area contributed by atoms with E-state index < -0.39 is 223 Å². The SMILES string of the molecule is O=C(O)CCSc1c(F)c(F)c(-c2c3nc(c(-c4c(F)c(F)c(F)c(F)c4F)c4ccc([nH]4)c(-c4c(F)c(F)c(F)c(F)c4F)c4nc(c(-c5c(F)c(F)c(F)c(F)c5F)c5ccc2[nH]5)C=C4)C=C3)c(F)c1F. The number of hydrogen-bond acceptors (Lipinski definition) is 4. The number of hydrogen-bond donors (Lipinski definition) is 3. The summed E-state index contributed by atoms with van der Waals surface area (Å²) in [6.07, 6.45) is 1.72. The van der Waals surface area contributed by atoms with E-state index in [-0.39, 0.29) is 11.8 Å². The molecular formula is C47H15F19N4O2S. The van der Waals surface area contributed by atoms with E-state index in [4.69, 9.17) is 5.11 Å². The summed E-state index contributed by atoms with van der Waals surface area (Å²) in [6, 6.07) is 2.62. The number of carboxylic acid groups (broad SMARTS) is 1. The van der Waals surface area contributed by atoms with Gasteiger partial charge in [0.15, 0.2) is 93.1 Å². The summed E-state index contributed by atoms with van der Waals surface area (Å²) in [7, 11) is 0. The number of aromatic amines is 2. The highest BCUT2D eigenvalue weighted by Gasteiger charge is 2.35. The standard InChI is InChI=1S/C47H15F19N4O2S/c48-28-24(29(49)37(57)42(62)36(28)56)20-11-1-3-13(67-11)21(25-30(50)38(58)43(63)39(59)31(25)51)15-5-7-17(69-15)23(27-34(54)45(65)47(46(66)35(27)55)73-10-9-19(71)72)18-8-6-16(70-18)22(14-4-2-12(20)68-14)26-32(52)40(60)44(64)41(61)33(26)53/h1-8,67,70H,9-10H2,(H,71,72). The van der Waals surface area contributed by atoms with Crippen LogP contribution in [0.2, 0.25) is 0 Å². The van der Waals surface area contributed by atoms with Crippen LogP contribution in [0, 0.1) is 111 Å². The van der Waals surface area contributed by atoms with Crippen LogP contribution in [0.5, 0.6) is 0 Å². The van der Waals surface area contributed by atoms with Crippen molar-refractivity contribution in [2.75, 3.05) is 5.75 Å². The molecule has 0 fully saturated rings. The van der Waals surface area contributed by atoms with Gasteiger partial charge in [0, 0.05) is 50.1 Å². The molecule has 26 heteroatoms. The van der Waals surface area contributed by atoms with E-state index in [1.54, 1.807) is 0 Å². The number of fused-ring (bicyclic) bond motifs is 8. The molecule has 8 bridgehead atoms. The third-order valence-electron chi connectivity index (χ3n) is 11.2. The number of nitrogens with zero attached hydrogens (tertiary/aromatic N) is 2. The van der Waals surface area contributed by atoms with Gasteiger partial charge >= 0.3 is 5.97 Å². The monoisotopic (exact) mass is 1060 g/mol. The Morgan fingerprint density at radius 3 is 0.808 bits per heavy atom. The molecule has 2 aliphatic rings. The fraction of sp³-hybridized carbons (Fsp3) is 0.0426. The first-order chi connectivity index (χ1) is 34.5. The lowest BCUT2D eigenvalue weighted by atomic mass is 10.0. The van der Waals surface area contributed by atoms with Crippen LogP contribution in [0.1, 0.15) is 29.2 Å². The fourth-order valence-corrected chi connectivity index (χ4v) is 8.84. The first-order valence-corrected chi connectivity index (χ1v) is 20.9. The van der Waals surface area contributed by atoms with Gasteiger partial charge in [-0.05, 0) is 48.6 Å². The van der Waals surface area contributed by atoms with Gasteiger partial charge in [0.1, 0.15) is 0 Å². The van der Waals surface area contributed by atoms with Gasteiger partial charge in [-0.15, -0.1) is 11.8 Å². The number of H-pyrrole nitrogens is 2. The molecule has 0 amide bonds. The molecule has 0 saturated carbocycles. The molecule has 0 radical (unpaired) electrons. The van der Waals surface area contributed by atoms with Crippen molar-refractivity contribution in [3.05, 3.63) is 158 Å². The van der Waals surface area contributed by atoms with Crippen molar-refractivity contribution in [1.29, 1.82) is 0 Å². The molecule has 7 aromatic rings. The zero-order valence-corrected chi connectivity index (χ0v) is 35.7. The lowest BCUT2D eigenvalue weighted by Crippen LogP contribution is -2.06. The van der Waals surface area contributed by atoms with Crippen LogP contribution >= 0.6 is 11.8 Å². The Bertz CT molecular complexity index is 3700. The van der Waals surface area contributed by atoms with Crippen molar-refractivity contribution in [3.8, 4) is 44.5 Å². The first kappa shape index (κ1) is 49.9. The van der Waals surface area contributed by atoms with E-state index in [9.17, 15) is 26.7 Å². The highest BCUT2D eigenvalue weighted by atomic mass is 32.2. The second-order valence-electron chi connectivity index (χ2n) is 15.3. The predicted octanol–water partition coefficient (Wildman–Crippen LogP) is 14.5. The van der Waals surface area contributed by atoms with Crippen LogP contribution in [-0.2, 0) is 4.79 Å². The fourth-order valence-electron chi connectivity index (χ4n) is 7.93. The molecule has 374 valence electrons. The Balaban J connectivity index is 1.55. The zero-order valence-electron chi connectivity index (χ0n) is 34.9. The number of thioether (sulfide) groups is 1. The summed E-state index contributed by atoms with van der Waals surface area (Å²) in [5.41, 5.74) is -20.0. The molecule has 3 N–H and O–H groups in total. The smallest absolute Gasteiger partial charge is 0.304 e. The first-order valence-electron chi connectivity index (χ1n) is 19.9. The summed E-state index contributed by atoms with van der Waals surface area (Å²) < 4.78 is 294. The molecule has 2 aliphatic heterocycles. The van der Waals surface area contributed by atoms with Gasteiger partial charge in [0.2, 0.25) is 17.5 Å². The third kappa shape index (κ3) is 7.76. The van der Waals surface area contributed by atoms with Crippen molar-refractivity contribution in [1.82, 2.24) is 19.9 Å².